The van der Waals surface area contributed by atoms with Crippen molar-refractivity contribution >= 4 is 23.5 Å². The number of nitrogens with zero attached hydrogens (tertiary/aromatic N) is 1. The Morgan fingerprint density at radius 1 is 1.00 bits per heavy atom. The molecule has 1 N–H and O–H groups in total. The molecule has 162 valence electrons. The van der Waals surface area contributed by atoms with Crippen LogP contribution in [-0.2, 0) is 19.1 Å². The number of carbonyl (C=O) groups is 3. The van der Waals surface area contributed by atoms with Gasteiger partial charge in [-0.25, -0.2) is 4.90 Å². The topological polar surface area (TPSA) is 75.7 Å². The molecule has 0 bridgehead atoms. The molecule has 0 saturated carbocycles. The minimum absolute atomic E-state index is 0.279. The van der Waals surface area contributed by atoms with Gasteiger partial charge in [0.2, 0.25) is 11.8 Å². The number of imide groups is 1. The first-order valence-electron chi connectivity index (χ1n) is 10.7. The van der Waals surface area contributed by atoms with Crippen LogP contribution in [0.15, 0.2) is 48.5 Å². The molecule has 6 nitrogen and oxygen atoms in total. The van der Waals surface area contributed by atoms with E-state index in [1.165, 1.54) is 12.0 Å². The van der Waals surface area contributed by atoms with Crippen LogP contribution in [0.5, 0.6) is 0 Å². The van der Waals surface area contributed by atoms with Gasteiger partial charge in [0.15, 0.2) is 0 Å². The number of amides is 2. The van der Waals surface area contributed by atoms with Crippen LogP contribution < -0.4 is 10.2 Å². The second-order valence-corrected chi connectivity index (χ2v) is 8.60. The molecule has 2 aliphatic heterocycles. The zero-order valence-corrected chi connectivity index (χ0v) is 18.3. The van der Waals surface area contributed by atoms with Crippen molar-refractivity contribution in [2.75, 3.05) is 12.0 Å². The van der Waals surface area contributed by atoms with Gasteiger partial charge in [-0.3, -0.25) is 19.7 Å². The number of ether oxygens (including phenoxy) is 1. The van der Waals surface area contributed by atoms with Crippen molar-refractivity contribution in [3.8, 4) is 0 Å². The number of benzene rings is 2. The van der Waals surface area contributed by atoms with Gasteiger partial charge in [-0.2, -0.15) is 0 Å². The molecule has 0 aliphatic carbocycles. The fourth-order valence-corrected chi connectivity index (χ4v) is 5.11. The lowest BCUT2D eigenvalue weighted by Gasteiger charge is -2.32. The van der Waals surface area contributed by atoms with Crippen molar-refractivity contribution in [2.45, 2.75) is 45.2 Å². The number of aryl methyl sites for hydroxylation is 2. The molecular weight excluding hydrogens is 392 g/mol. The molecule has 6 heteroatoms. The Kier molecular flexibility index (Phi) is 5.43. The minimum atomic E-state index is -1.24. The highest BCUT2D eigenvalue weighted by Gasteiger charge is 2.68. The first kappa shape index (κ1) is 21.2. The van der Waals surface area contributed by atoms with E-state index in [4.69, 9.17) is 4.74 Å². The van der Waals surface area contributed by atoms with Gasteiger partial charge in [-0.05, 0) is 38.0 Å². The molecule has 2 amide bonds. The molecule has 0 radical (unpaired) electrons. The van der Waals surface area contributed by atoms with Crippen molar-refractivity contribution in [2.24, 2.45) is 11.8 Å². The summed E-state index contributed by atoms with van der Waals surface area (Å²) in [6, 6.07) is 14.7. The number of hydrogen-bond acceptors (Lipinski definition) is 5. The summed E-state index contributed by atoms with van der Waals surface area (Å²) in [6.07, 6.45) is 1.07. The molecule has 2 aromatic rings. The van der Waals surface area contributed by atoms with E-state index in [1.54, 1.807) is 12.1 Å². The third kappa shape index (κ3) is 3.26. The average Bonchev–Trinajstić information content (AvgIpc) is 3.24. The van der Waals surface area contributed by atoms with Crippen molar-refractivity contribution < 1.29 is 19.1 Å². The molecule has 0 spiro atoms. The third-order valence-electron chi connectivity index (χ3n) is 6.58. The summed E-state index contributed by atoms with van der Waals surface area (Å²) in [5, 5.41) is 3.39. The molecule has 31 heavy (non-hydrogen) atoms. The molecule has 2 saturated heterocycles. The largest absolute Gasteiger partial charge is 0.468 e. The molecule has 2 aromatic carbocycles. The maximum absolute atomic E-state index is 13.7. The Morgan fingerprint density at radius 2 is 1.58 bits per heavy atom. The highest BCUT2D eigenvalue weighted by atomic mass is 16.5. The summed E-state index contributed by atoms with van der Waals surface area (Å²) in [5.41, 5.74) is 2.32. The van der Waals surface area contributed by atoms with Gasteiger partial charge in [-0.15, -0.1) is 0 Å². The lowest BCUT2D eigenvalue weighted by Crippen LogP contribution is -2.56. The second kappa shape index (κ2) is 7.93. The van der Waals surface area contributed by atoms with Gasteiger partial charge >= 0.3 is 5.97 Å². The van der Waals surface area contributed by atoms with Crippen molar-refractivity contribution in [3.05, 3.63) is 65.2 Å². The normalized spacial score (nSPS) is 27.5. The summed E-state index contributed by atoms with van der Waals surface area (Å²) in [6.45, 7) is 5.90. The average molecular weight is 421 g/mol. The van der Waals surface area contributed by atoms with Crippen LogP contribution in [0, 0.1) is 25.7 Å². The monoisotopic (exact) mass is 420 g/mol. The Bertz CT molecular complexity index is 1010. The lowest BCUT2D eigenvalue weighted by molar-refractivity contribution is -0.152. The number of nitrogens with one attached hydrogen (secondary N) is 1. The second-order valence-electron chi connectivity index (χ2n) is 8.60. The third-order valence-corrected chi connectivity index (χ3v) is 6.58. The SMILES string of the molecule is CCC[C@]1(C(=O)OC)N[C@H](c2ccc(C)cc2)[C@@H]2C(=O)N(c3ccc(C)cc3)C(=O)[C@H]21. The van der Waals surface area contributed by atoms with E-state index in [0.29, 0.717) is 18.5 Å². The molecule has 2 fully saturated rings. The van der Waals surface area contributed by atoms with E-state index in [1.807, 2.05) is 57.2 Å². The van der Waals surface area contributed by atoms with Gasteiger partial charge in [0, 0.05) is 6.04 Å². The van der Waals surface area contributed by atoms with Gasteiger partial charge in [0.25, 0.3) is 0 Å². The molecule has 2 heterocycles. The summed E-state index contributed by atoms with van der Waals surface area (Å²) in [5.74, 6) is -2.62. The Balaban J connectivity index is 1.85. The highest BCUT2D eigenvalue weighted by molar-refractivity contribution is 6.24. The van der Waals surface area contributed by atoms with Crippen molar-refractivity contribution in [3.63, 3.8) is 0 Å². The predicted molar refractivity (Wildman–Crippen MR) is 117 cm³/mol. The standard InChI is InChI=1S/C25H28N2O4/c1-5-14-25(24(30)31-4)20-19(21(26-25)17-10-6-15(2)7-11-17)22(28)27(23(20)29)18-12-8-16(3)9-13-18/h6-13,19-21,26H,5,14H2,1-4H3/t19-,20+,21-,25+/m1/s1. The van der Waals surface area contributed by atoms with Gasteiger partial charge < -0.3 is 4.74 Å². The summed E-state index contributed by atoms with van der Waals surface area (Å²) in [4.78, 5) is 41.7. The maximum atomic E-state index is 13.7. The van der Waals surface area contributed by atoms with Gasteiger partial charge in [0.1, 0.15) is 5.54 Å². The van der Waals surface area contributed by atoms with Crippen LogP contribution >= 0.6 is 0 Å². The fourth-order valence-electron chi connectivity index (χ4n) is 5.11. The zero-order chi connectivity index (χ0) is 22.3. The predicted octanol–water partition coefficient (Wildman–Crippen LogP) is 3.47. The number of methoxy groups -OCH3 is 1. The van der Waals surface area contributed by atoms with Crippen LogP contribution in [-0.4, -0.2) is 30.4 Å². The fraction of sp³-hybridized carbons (Fsp3) is 0.400. The van der Waals surface area contributed by atoms with Crippen LogP contribution in [0.1, 0.15) is 42.5 Å². The van der Waals surface area contributed by atoms with Crippen LogP contribution in [0.2, 0.25) is 0 Å². The number of rotatable bonds is 5. The van der Waals surface area contributed by atoms with Crippen molar-refractivity contribution in [1.29, 1.82) is 0 Å². The highest BCUT2D eigenvalue weighted by Crippen LogP contribution is 2.51. The summed E-state index contributed by atoms with van der Waals surface area (Å²) >= 11 is 0. The Labute approximate surface area is 182 Å². The number of esters is 1. The first-order chi connectivity index (χ1) is 14.8. The molecule has 2 aliphatic rings. The van der Waals surface area contributed by atoms with E-state index >= 15 is 0 Å². The maximum Gasteiger partial charge on any atom is 0.326 e. The minimum Gasteiger partial charge on any atom is -0.468 e. The molecule has 4 atom stereocenters. The Morgan fingerprint density at radius 3 is 2.13 bits per heavy atom. The van der Waals surface area contributed by atoms with E-state index in [9.17, 15) is 14.4 Å². The zero-order valence-electron chi connectivity index (χ0n) is 18.3. The smallest absolute Gasteiger partial charge is 0.326 e. The molecule has 4 rings (SSSR count). The lowest BCUT2D eigenvalue weighted by atomic mass is 9.77. The van der Waals surface area contributed by atoms with Crippen molar-refractivity contribution in [1.82, 2.24) is 5.32 Å². The summed E-state index contributed by atoms with van der Waals surface area (Å²) in [7, 11) is 1.33. The molecule has 0 unspecified atom stereocenters. The van der Waals surface area contributed by atoms with Crippen LogP contribution in [0.3, 0.4) is 0 Å². The number of anilines is 1. The van der Waals surface area contributed by atoms with Gasteiger partial charge in [-0.1, -0.05) is 60.9 Å². The van der Waals surface area contributed by atoms with E-state index in [0.717, 1.165) is 16.7 Å². The number of carbonyl (C=O) groups excluding carboxylic acids is 3. The number of hydrogen-bond donors (Lipinski definition) is 1. The van der Waals surface area contributed by atoms with Crippen LogP contribution in [0.4, 0.5) is 5.69 Å². The molecule has 0 aromatic heterocycles. The van der Waals surface area contributed by atoms with E-state index < -0.39 is 29.4 Å². The van der Waals surface area contributed by atoms with E-state index in [2.05, 4.69) is 5.32 Å². The molecular formula is C25H28N2O4. The first-order valence-corrected chi connectivity index (χ1v) is 10.7. The Hall–Kier alpha value is -2.99. The summed E-state index contributed by atoms with van der Waals surface area (Å²) < 4.78 is 5.16. The van der Waals surface area contributed by atoms with Crippen LogP contribution in [0.25, 0.3) is 0 Å². The quantitative estimate of drug-likeness (QED) is 0.592. The number of fused-ring (bicyclic) bond motifs is 1. The van der Waals surface area contributed by atoms with Gasteiger partial charge in [0.05, 0.1) is 24.6 Å². The van der Waals surface area contributed by atoms with E-state index in [-0.39, 0.29) is 11.8 Å².